The van der Waals surface area contributed by atoms with Gasteiger partial charge in [0.05, 0.1) is 6.61 Å². The molecule has 0 aliphatic heterocycles. The lowest BCUT2D eigenvalue weighted by molar-refractivity contribution is 0.340. The highest BCUT2D eigenvalue weighted by atomic mass is 16.5. The van der Waals surface area contributed by atoms with E-state index in [2.05, 4.69) is 15.3 Å². The van der Waals surface area contributed by atoms with Gasteiger partial charge in [-0.15, -0.1) is 0 Å². The van der Waals surface area contributed by atoms with Crippen LogP contribution in [0.5, 0.6) is 5.75 Å². The number of nitriles is 1. The van der Waals surface area contributed by atoms with Gasteiger partial charge in [-0.3, -0.25) is 0 Å². The first-order valence-corrected chi connectivity index (χ1v) is 5.55. The van der Waals surface area contributed by atoms with Crippen molar-refractivity contribution in [2.45, 2.75) is 6.92 Å². The predicted molar refractivity (Wildman–Crippen MR) is 67.6 cm³/mol. The van der Waals surface area contributed by atoms with Crippen LogP contribution in [0.4, 0.5) is 11.6 Å². The molecular weight excluding hydrogens is 228 g/mol. The normalized spacial score (nSPS) is 9.56. The van der Waals surface area contributed by atoms with Crippen molar-refractivity contribution in [3.05, 3.63) is 42.2 Å². The molecular formula is C13H12N4O. The number of benzene rings is 1. The highest BCUT2D eigenvalue weighted by Gasteiger charge is 2.00. The molecule has 5 heteroatoms. The summed E-state index contributed by atoms with van der Waals surface area (Å²) in [5, 5.41) is 11.8. The van der Waals surface area contributed by atoms with Gasteiger partial charge in [0, 0.05) is 11.9 Å². The van der Waals surface area contributed by atoms with Crippen molar-refractivity contribution in [3.8, 4) is 11.8 Å². The summed E-state index contributed by atoms with van der Waals surface area (Å²) in [6.45, 7) is 2.58. The Bertz CT molecular complexity index is 560. The van der Waals surface area contributed by atoms with Gasteiger partial charge in [0.25, 0.3) is 0 Å². The molecule has 0 unspecified atom stereocenters. The van der Waals surface area contributed by atoms with Gasteiger partial charge in [0.1, 0.15) is 17.5 Å². The lowest BCUT2D eigenvalue weighted by Crippen LogP contribution is -1.98. The average molecular weight is 240 g/mol. The highest BCUT2D eigenvalue weighted by Crippen LogP contribution is 2.17. The number of hydrogen-bond donors (Lipinski definition) is 1. The number of rotatable bonds is 4. The highest BCUT2D eigenvalue weighted by molar-refractivity contribution is 5.54. The third kappa shape index (κ3) is 2.95. The molecule has 0 spiro atoms. The number of nitrogens with one attached hydrogen (secondary N) is 1. The first kappa shape index (κ1) is 11.9. The van der Waals surface area contributed by atoms with Crippen LogP contribution in [0.2, 0.25) is 0 Å². The molecule has 1 heterocycles. The summed E-state index contributed by atoms with van der Waals surface area (Å²) in [7, 11) is 0. The van der Waals surface area contributed by atoms with Gasteiger partial charge in [-0.05, 0) is 37.3 Å². The number of anilines is 2. The topological polar surface area (TPSA) is 70.8 Å². The SMILES string of the molecule is CCOc1ccc(Nc2nccc(C#N)n2)cc1. The second-order valence-corrected chi connectivity index (χ2v) is 3.46. The third-order valence-electron chi connectivity index (χ3n) is 2.19. The van der Waals surface area contributed by atoms with E-state index in [0.717, 1.165) is 11.4 Å². The summed E-state index contributed by atoms with van der Waals surface area (Å²) in [4.78, 5) is 8.07. The maximum atomic E-state index is 8.74. The van der Waals surface area contributed by atoms with Gasteiger partial charge in [0.15, 0.2) is 0 Å². The van der Waals surface area contributed by atoms with Crippen molar-refractivity contribution in [1.82, 2.24) is 9.97 Å². The van der Waals surface area contributed by atoms with Gasteiger partial charge in [0.2, 0.25) is 5.95 Å². The Labute approximate surface area is 105 Å². The molecule has 0 saturated heterocycles. The van der Waals surface area contributed by atoms with Crippen LogP contribution in [-0.4, -0.2) is 16.6 Å². The molecule has 0 bridgehead atoms. The van der Waals surface area contributed by atoms with Gasteiger partial charge in [-0.2, -0.15) is 5.26 Å². The molecule has 2 rings (SSSR count). The molecule has 1 aromatic carbocycles. The molecule has 0 radical (unpaired) electrons. The number of hydrogen-bond acceptors (Lipinski definition) is 5. The van der Waals surface area contributed by atoms with Crippen molar-refractivity contribution in [2.75, 3.05) is 11.9 Å². The Morgan fingerprint density at radius 3 is 2.72 bits per heavy atom. The van der Waals surface area contributed by atoms with Crippen molar-refractivity contribution in [2.24, 2.45) is 0 Å². The van der Waals surface area contributed by atoms with E-state index in [4.69, 9.17) is 10.00 Å². The van der Waals surface area contributed by atoms with Gasteiger partial charge in [-0.1, -0.05) is 0 Å². The van der Waals surface area contributed by atoms with Crippen LogP contribution in [-0.2, 0) is 0 Å². The minimum Gasteiger partial charge on any atom is -0.494 e. The first-order chi connectivity index (χ1) is 8.81. The van der Waals surface area contributed by atoms with Crippen LogP contribution >= 0.6 is 0 Å². The Morgan fingerprint density at radius 1 is 1.28 bits per heavy atom. The lowest BCUT2D eigenvalue weighted by Gasteiger charge is -2.06. The maximum absolute atomic E-state index is 8.74. The molecule has 5 nitrogen and oxygen atoms in total. The van der Waals surface area contributed by atoms with Gasteiger partial charge < -0.3 is 10.1 Å². The number of aromatic nitrogens is 2. The standard InChI is InChI=1S/C13H12N4O/c1-2-18-12-5-3-10(4-6-12)16-13-15-8-7-11(9-14)17-13/h3-8H,2H2,1H3,(H,15,16,17). The molecule has 0 saturated carbocycles. The van der Waals surface area contributed by atoms with E-state index >= 15 is 0 Å². The second-order valence-electron chi connectivity index (χ2n) is 3.46. The van der Waals surface area contributed by atoms with E-state index in [0.29, 0.717) is 18.2 Å². The number of ether oxygens (including phenoxy) is 1. The Kier molecular flexibility index (Phi) is 3.72. The van der Waals surface area contributed by atoms with Gasteiger partial charge in [-0.25, -0.2) is 9.97 Å². The molecule has 90 valence electrons. The summed E-state index contributed by atoms with van der Waals surface area (Å²) in [6.07, 6.45) is 1.54. The largest absolute Gasteiger partial charge is 0.494 e. The fourth-order valence-electron chi connectivity index (χ4n) is 1.41. The number of nitrogens with zero attached hydrogens (tertiary/aromatic N) is 3. The molecule has 0 fully saturated rings. The van der Waals surface area contributed by atoms with E-state index in [1.54, 1.807) is 12.3 Å². The van der Waals surface area contributed by atoms with Gasteiger partial charge >= 0.3 is 0 Å². The monoisotopic (exact) mass is 240 g/mol. The summed E-state index contributed by atoms with van der Waals surface area (Å²) >= 11 is 0. The van der Waals surface area contributed by atoms with Crippen molar-refractivity contribution in [1.29, 1.82) is 5.26 Å². The maximum Gasteiger partial charge on any atom is 0.228 e. The zero-order valence-corrected chi connectivity index (χ0v) is 9.92. The molecule has 1 N–H and O–H groups in total. The molecule has 18 heavy (non-hydrogen) atoms. The first-order valence-electron chi connectivity index (χ1n) is 5.55. The Hall–Kier alpha value is -2.61. The quantitative estimate of drug-likeness (QED) is 0.889. The smallest absolute Gasteiger partial charge is 0.228 e. The van der Waals surface area contributed by atoms with Crippen molar-refractivity contribution < 1.29 is 4.74 Å². The molecule has 0 aliphatic rings. The lowest BCUT2D eigenvalue weighted by atomic mass is 10.3. The summed E-state index contributed by atoms with van der Waals surface area (Å²) < 4.78 is 5.35. The second kappa shape index (κ2) is 5.64. The zero-order chi connectivity index (χ0) is 12.8. The van der Waals surface area contributed by atoms with Crippen LogP contribution in [0.3, 0.4) is 0 Å². The van der Waals surface area contributed by atoms with E-state index < -0.39 is 0 Å². The fourth-order valence-corrected chi connectivity index (χ4v) is 1.41. The Morgan fingerprint density at radius 2 is 2.06 bits per heavy atom. The molecule has 0 amide bonds. The molecule has 0 aliphatic carbocycles. The summed E-state index contributed by atoms with van der Waals surface area (Å²) in [6, 6.07) is 11.0. The predicted octanol–water partition coefficient (Wildman–Crippen LogP) is 2.49. The van der Waals surface area contributed by atoms with Crippen LogP contribution in [0.1, 0.15) is 12.6 Å². The van der Waals surface area contributed by atoms with E-state index in [1.807, 2.05) is 37.3 Å². The molecule has 2 aromatic rings. The fraction of sp³-hybridized carbons (Fsp3) is 0.154. The van der Waals surface area contributed by atoms with Crippen molar-refractivity contribution in [3.63, 3.8) is 0 Å². The van der Waals surface area contributed by atoms with Crippen LogP contribution in [0, 0.1) is 11.3 Å². The van der Waals surface area contributed by atoms with Crippen LogP contribution < -0.4 is 10.1 Å². The Balaban J connectivity index is 2.11. The third-order valence-corrected chi connectivity index (χ3v) is 2.19. The van der Waals surface area contributed by atoms with E-state index in [1.165, 1.54) is 0 Å². The molecule has 1 aromatic heterocycles. The molecule has 0 atom stereocenters. The minimum atomic E-state index is 0.332. The van der Waals surface area contributed by atoms with E-state index in [-0.39, 0.29) is 0 Å². The average Bonchev–Trinajstić information content (AvgIpc) is 2.42. The van der Waals surface area contributed by atoms with Crippen LogP contribution in [0.25, 0.3) is 0 Å². The summed E-state index contributed by atoms with van der Waals surface area (Å²) in [5.74, 6) is 1.22. The van der Waals surface area contributed by atoms with Crippen molar-refractivity contribution >= 4 is 11.6 Å². The summed E-state index contributed by atoms with van der Waals surface area (Å²) in [5.41, 5.74) is 1.17. The van der Waals surface area contributed by atoms with Crippen LogP contribution in [0.15, 0.2) is 36.5 Å². The minimum absolute atomic E-state index is 0.332. The van der Waals surface area contributed by atoms with E-state index in [9.17, 15) is 0 Å². The zero-order valence-electron chi connectivity index (χ0n) is 9.92.